The number of piperidine rings is 1. The molecule has 0 radical (unpaired) electrons. The smallest absolute Gasteiger partial charge is 0.0570 e. The van der Waals surface area contributed by atoms with Crippen LogP contribution in [0.3, 0.4) is 0 Å². The van der Waals surface area contributed by atoms with Gasteiger partial charge >= 0.3 is 0 Å². The molecule has 2 unspecified atom stereocenters. The number of hydrogen-bond acceptors (Lipinski definition) is 3. The quantitative estimate of drug-likeness (QED) is 0.766. The number of aliphatic hydroxyl groups is 1. The first kappa shape index (κ1) is 12.3. The Hall–Kier alpha value is -0.120. The molecule has 3 heteroatoms. The third kappa shape index (κ3) is 2.58. The van der Waals surface area contributed by atoms with Gasteiger partial charge in [0.1, 0.15) is 0 Å². The van der Waals surface area contributed by atoms with E-state index >= 15 is 0 Å². The van der Waals surface area contributed by atoms with Gasteiger partial charge in [0, 0.05) is 25.2 Å². The molecule has 2 atom stereocenters. The molecule has 0 aromatic rings. The fraction of sp³-hybridized carbons (Fsp3) is 1.00. The predicted molar refractivity (Wildman–Crippen MR) is 66.5 cm³/mol. The van der Waals surface area contributed by atoms with Crippen molar-refractivity contribution in [3.05, 3.63) is 0 Å². The van der Waals surface area contributed by atoms with Crippen LogP contribution in [0.5, 0.6) is 0 Å². The lowest BCUT2D eigenvalue weighted by Crippen LogP contribution is -2.47. The van der Waals surface area contributed by atoms with Gasteiger partial charge in [-0.25, -0.2) is 0 Å². The van der Waals surface area contributed by atoms with E-state index in [1.54, 1.807) is 0 Å². The van der Waals surface area contributed by atoms with E-state index in [4.69, 9.17) is 0 Å². The number of fused-ring (bicyclic) bond motifs is 2. The van der Waals surface area contributed by atoms with Crippen molar-refractivity contribution in [2.24, 2.45) is 0 Å². The lowest BCUT2D eigenvalue weighted by Gasteiger charge is -2.38. The van der Waals surface area contributed by atoms with Gasteiger partial charge in [-0.2, -0.15) is 0 Å². The molecule has 0 spiro atoms. The van der Waals surface area contributed by atoms with Crippen LogP contribution in [0.2, 0.25) is 0 Å². The predicted octanol–water partition coefficient (Wildman–Crippen LogP) is 1.32. The SMILES string of the molecule is CCN(CC)CCN1C2CCC1CC(O)C2. The lowest BCUT2D eigenvalue weighted by atomic mass is 10.00. The molecule has 2 fully saturated rings. The highest BCUT2D eigenvalue weighted by Gasteiger charge is 2.39. The van der Waals surface area contributed by atoms with Gasteiger partial charge in [0.05, 0.1) is 6.10 Å². The number of likely N-dealkylation sites (N-methyl/N-ethyl adjacent to an activating group) is 1. The van der Waals surface area contributed by atoms with E-state index in [0.29, 0.717) is 12.1 Å². The highest BCUT2D eigenvalue weighted by Crippen LogP contribution is 2.35. The molecule has 2 aliphatic heterocycles. The van der Waals surface area contributed by atoms with Crippen molar-refractivity contribution in [1.82, 2.24) is 9.80 Å². The van der Waals surface area contributed by atoms with Gasteiger partial charge in [0.2, 0.25) is 0 Å². The molecular weight excluding hydrogens is 200 g/mol. The largest absolute Gasteiger partial charge is 0.393 e. The van der Waals surface area contributed by atoms with Crippen molar-refractivity contribution in [1.29, 1.82) is 0 Å². The Morgan fingerprint density at radius 1 is 1.12 bits per heavy atom. The normalized spacial score (nSPS) is 34.9. The summed E-state index contributed by atoms with van der Waals surface area (Å²) in [6.07, 6.45) is 4.60. The van der Waals surface area contributed by atoms with Crippen molar-refractivity contribution in [2.75, 3.05) is 26.2 Å². The minimum Gasteiger partial charge on any atom is -0.393 e. The molecule has 2 aliphatic rings. The summed E-state index contributed by atoms with van der Waals surface area (Å²) in [6, 6.07) is 1.34. The molecule has 0 saturated carbocycles. The van der Waals surface area contributed by atoms with Crippen LogP contribution in [0.1, 0.15) is 39.5 Å². The zero-order valence-electron chi connectivity index (χ0n) is 10.7. The lowest BCUT2D eigenvalue weighted by molar-refractivity contribution is 0.0307. The Bertz CT molecular complexity index is 204. The van der Waals surface area contributed by atoms with Crippen LogP contribution in [0, 0.1) is 0 Å². The Balaban J connectivity index is 1.82. The second-order valence-corrected chi connectivity index (χ2v) is 5.27. The third-order valence-corrected chi connectivity index (χ3v) is 4.43. The van der Waals surface area contributed by atoms with Crippen molar-refractivity contribution >= 4 is 0 Å². The van der Waals surface area contributed by atoms with E-state index in [1.165, 1.54) is 25.9 Å². The standard InChI is InChI=1S/C13H26N2O/c1-3-14(4-2)7-8-15-11-5-6-12(15)10-13(16)9-11/h11-13,16H,3-10H2,1-2H3. The van der Waals surface area contributed by atoms with Gasteiger partial charge in [0.25, 0.3) is 0 Å². The summed E-state index contributed by atoms with van der Waals surface area (Å²) < 4.78 is 0. The van der Waals surface area contributed by atoms with Crippen LogP contribution in [0.25, 0.3) is 0 Å². The van der Waals surface area contributed by atoms with Gasteiger partial charge in [-0.05, 0) is 38.8 Å². The van der Waals surface area contributed by atoms with Crippen molar-refractivity contribution in [3.8, 4) is 0 Å². The number of hydrogen-bond donors (Lipinski definition) is 1. The summed E-state index contributed by atoms with van der Waals surface area (Å²) in [4.78, 5) is 5.15. The summed E-state index contributed by atoms with van der Waals surface area (Å²) in [7, 11) is 0. The van der Waals surface area contributed by atoms with Crippen LogP contribution in [-0.2, 0) is 0 Å². The molecule has 0 amide bonds. The zero-order chi connectivity index (χ0) is 11.5. The van der Waals surface area contributed by atoms with E-state index < -0.39 is 0 Å². The molecule has 3 nitrogen and oxygen atoms in total. The molecule has 0 aliphatic carbocycles. The molecule has 2 bridgehead atoms. The molecule has 2 rings (SSSR count). The fourth-order valence-electron chi connectivity index (χ4n) is 3.41. The van der Waals surface area contributed by atoms with E-state index in [0.717, 1.165) is 25.9 Å². The van der Waals surface area contributed by atoms with Gasteiger partial charge in [-0.3, -0.25) is 4.90 Å². The van der Waals surface area contributed by atoms with Crippen LogP contribution in [0.4, 0.5) is 0 Å². The summed E-state index contributed by atoms with van der Waals surface area (Å²) in [5, 5.41) is 9.74. The molecule has 2 heterocycles. The first-order chi connectivity index (χ1) is 7.74. The van der Waals surface area contributed by atoms with Crippen LogP contribution < -0.4 is 0 Å². The maximum absolute atomic E-state index is 9.74. The molecule has 0 aromatic heterocycles. The second kappa shape index (κ2) is 5.48. The molecule has 94 valence electrons. The van der Waals surface area contributed by atoms with Gasteiger partial charge < -0.3 is 10.0 Å². The average molecular weight is 226 g/mol. The van der Waals surface area contributed by atoms with Gasteiger partial charge in [-0.1, -0.05) is 13.8 Å². The maximum atomic E-state index is 9.74. The maximum Gasteiger partial charge on any atom is 0.0570 e. The van der Waals surface area contributed by atoms with Crippen molar-refractivity contribution in [2.45, 2.75) is 57.7 Å². The monoisotopic (exact) mass is 226 g/mol. The zero-order valence-corrected chi connectivity index (χ0v) is 10.7. The topological polar surface area (TPSA) is 26.7 Å². The fourth-order valence-corrected chi connectivity index (χ4v) is 3.41. The van der Waals surface area contributed by atoms with Crippen LogP contribution >= 0.6 is 0 Å². The minimum absolute atomic E-state index is 0.0257. The van der Waals surface area contributed by atoms with Crippen LogP contribution in [-0.4, -0.2) is 59.3 Å². The Labute approximate surface area is 99.4 Å². The summed E-state index contributed by atoms with van der Waals surface area (Å²) in [5.74, 6) is 0. The Morgan fingerprint density at radius 3 is 2.19 bits per heavy atom. The van der Waals surface area contributed by atoms with Gasteiger partial charge in [0.15, 0.2) is 0 Å². The number of nitrogens with zero attached hydrogens (tertiary/aromatic N) is 2. The third-order valence-electron chi connectivity index (χ3n) is 4.43. The highest BCUT2D eigenvalue weighted by molar-refractivity contribution is 4.95. The number of aliphatic hydroxyl groups excluding tert-OH is 1. The molecular formula is C13H26N2O. The first-order valence-corrected chi connectivity index (χ1v) is 6.90. The average Bonchev–Trinajstić information content (AvgIpc) is 2.53. The molecule has 1 N–H and O–H groups in total. The minimum atomic E-state index is -0.0257. The molecule has 16 heavy (non-hydrogen) atoms. The van der Waals surface area contributed by atoms with Crippen molar-refractivity contribution < 1.29 is 5.11 Å². The second-order valence-electron chi connectivity index (χ2n) is 5.27. The van der Waals surface area contributed by atoms with Gasteiger partial charge in [-0.15, -0.1) is 0 Å². The Morgan fingerprint density at radius 2 is 1.69 bits per heavy atom. The van der Waals surface area contributed by atoms with E-state index in [1.807, 2.05) is 0 Å². The summed E-state index contributed by atoms with van der Waals surface area (Å²) in [5.41, 5.74) is 0. The Kier molecular flexibility index (Phi) is 4.22. The number of rotatable bonds is 5. The van der Waals surface area contributed by atoms with E-state index in [9.17, 15) is 5.11 Å². The molecule has 2 saturated heterocycles. The van der Waals surface area contributed by atoms with E-state index in [-0.39, 0.29) is 6.10 Å². The highest BCUT2D eigenvalue weighted by atomic mass is 16.3. The molecule has 0 aromatic carbocycles. The van der Waals surface area contributed by atoms with Crippen LogP contribution in [0.15, 0.2) is 0 Å². The summed E-state index contributed by atoms with van der Waals surface area (Å²) in [6.45, 7) is 9.17. The summed E-state index contributed by atoms with van der Waals surface area (Å²) >= 11 is 0. The first-order valence-electron chi connectivity index (χ1n) is 6.90. The van der Waals surface area contributed by atoms with E-state index in [2.05, 4.69) is 23.6 Å². The van der Waals surface area contributed by atoms with Crippen molar-refractivity contribution in [3.63, 3.8) is 0 Å².